The molecule has 0 radical (unpaired) electrons. The molecule has 6 heteroatoms. The van der Waals surface area contributed by atoms with E-state index in [-0.39, 0.29) is 22.9 Å². The van der Waals surface area contributed by atoms with Gasteiger partial charge in [0.25, 0.3) is 5.56 Å². The van der Waals surface area contributed by atoms with Crippen molar-refractivity contribution < 1.29 is 14.7 Å². The van der Waals surface area contributed by atoms with Crippen LogP contribution in [0.25, 0.3) is 11.1 Å². The van der Waals surface area contributed by atoms with Crippen LogP contribution in [0.3, 0.4) is 0 Å². The molecule has 0 unspecified atom stereocenters. The smallest absolute Gasteiger partial charge is 0.335 e. The number of rotatable bonds is 5. The molecule has 1 aliphatic carbocycles. The van der Waals surface area contributed by atoms with Gasteiger partial charge in [-0.25, -0.2) is 4.79 Å². The Bertz CT molecular complexity index is 1050. The molecular formula is C24H26N2O4. The summed E-state index contributed by atoms with van der Waals surface area (Å²) in [5, 5.41) is 9.10. The lowest BCUT2D eigenvalue weighted by Gasteiger charge is -2.43. The Hall–Kier alpha value is -2.89. The number of aromatic carboxylic acids is 1. The van der Waals surface area contributed by atoms with Crippen molar-refractivity contribution >= 4 is 11.9 Å². The lowest BCUT2D eigenvalue weighted by atomic mass is 9.82. The zero-order chi connectivity index (χ0) is 20.8. The minimum absolute atomic E-state index is 0.0204. The predicted octanol–water partition coefficient (Wildman–Crippen LogP) is 3.35. The zero-order valence-electron chi connectivity index (χ0n) is 16.9. The topological polar surface area (TPSA) is 79.6 Å². The first-order valence-electron chi connectivity index (χ1n) is 10.8. The summed E-state index contributed by atoms with van der Waals surface area (Å²) in [6, 6.07) is 10.3. The summed E-state index contributed by atoms with van der Waals surface area (Å²) in [5.41, 5.74) is 2.84. The van der Waals surface area contributed by atoms with Crippen LogP contribution in [0.1, 0.15) is 54.1 Å². The number of likely N-dealkylation sites (tertiary alicyclic amines) is 1. The van der Waals surface area contributed by atoms with E-state index in [1.165, 1.54) is 12.8 Å². The molecule has 1 saturated heterocycles. The number of aromatic nitrogens is 1. The molecule has 2 bridgehead atoms. The Morgan fingerprint density at radius 1 is 1.00 bits per heavy atom. The van der Waals surface area contributed by atoms with E-state index >= 15 is 0 Å². The Labute approximate surface area is 175 Å². The lowest BCUT2D eigenvalue weighted by molar-refractivity contribution is -0.134. The molecular weight excluding hydrogens is 380 g/mol. The molecule has 1 N–H and O–H groups in total. The van der Waals surface area contributed by atoms with E-state index < -0.39 is 5.97 Å². The lowest BCUT2D eigenvalue weighted by Crippen LogP contribution is -2.49. The molecule has 2 fully saturated rings. The normalized spacial score (nSPS) is 22.5. The maximum absolute atomic E-state index is 12.9. The monoisotopic (exact) mass is 406 g/mol. The molecule has 5 rings (SSSR count). The van der Waals surface area contributed by atoms with Crippen molar-refractivity contribution in [1.82, 2.24) is 9.47 Å². The third kappa shape index (κ3) is 3.66. The molecule has 156 valence electrons. The van der Waals surface area contributed by atoms with Crippen molar-refractivity contribution in [3.05, 3.63) is 58.0 Å². The predicted molar refractivity (Wildman–Crippen MR) is 112 cm³/mol. The van der Waals surface area contributed by atoms with E-state index in [1.807, 2.05) is 9.47 Å². The van der Waals surface area contributed by atoms with E-state index in [0.717, 1.165) is 42.1 Å². The van der Waals surface area contributed by atoms with Gasteiger partial charge in [0.15, 0.2) is 0 Å². The van der Waals surface area contributed by atoms with E-state index in [1.54, 1.807) is 30.3 Å². The summed E-state index contributed by atoms with van der Waals surface area (Å²) in [7, 11) is 0. The number of carbonyl (C=O) groups is 2. The fourth-order valence-electron chi connectivity index (χ4n) is 5.03. The molecule has 2 aliphatic heterocycles. The largest absolute Gasteiger partial charge is 0.478 e. The minimum atomic E-state index is -0.966. The van der Waals surface area contributed by atoms with Crippen molar-refractivity contribution in [2.75, 3.05) is 13.1 Å². The van der Waals surface area contributed by atoms with Crippen molar-refractivity contribution in [3.8, 4) is 11.1 Å². The Balaban J connectivity index is 1.41. The van der Waals surface area contributed by atoms with Crippen molar-refractivity contribution in [2.45, 2.75) is 44.6 Å². The molecule has 0 spiro atoms. The van der Waals surface area contributed by atoms with Crippen molar-refractivity contribution in [3.63, 3.8) is 0 Å². The number of carboxylic acid groups (broad SMARTS) is 1. The van der Waals surface area contributed by atoms with Gasteiger partial charge in [0.2, 0.25) is 5.91 Å². The average Bonchev–Trinajstić information content (AvgIpc) is 3.57. The van der Waals surface area contributed by atoms with Gasteiger partial charge in [0.1, 0.15) is 0 Å². The van der Waals surface area contributed by atoms with E-state index in [9.17, 15) is 14.4 Å². The summed E-state index contributed by atoms with van der Waals surface area (Å²) in [4.78, 5) is 38.7. The second-order valence-corrected chi connectivity index (χ2v) is 9.08. The molecule has 2 atom stereocenters. The maximum Gasteiger partial charge on any atom is 0.335 e. The molecule has 1 aromatic heterocycles. The van der Waals surface area contributed by atoms with Gasteiger partial charge < -0.3 is 14.6 Å². The van der Waals surface area contributed by atoms with E-state index in [2.05, 4.69) is 6.07 Å². The Morgan fingerprint density at radius 3 is 2.47 bits per heavy atom. The highest BCUT2D eigenvalue weighted by Crippen LogP contribution is 2.38. The van der Waals surface area contributed by atoms with Crippen molar-refractivity contribution in [1.29, 1.82) is 0 Å². The molecule has 3 aliphatic rings. The number of amides is 1. The third-order valence-electron chi connectivity index (χ3n) is 6.84. The number of carboxylic acids is 1. The average molecular weight is 406 g/mol. The Morgan fingerprint density at radius 2 is 1.77 bits per heavy atom. The summed E-state index contributed by atoms with van der Waals surface area (Å²) < 4.78 is 1.87. The van der Waals surface area contributed by atoms with E-state index in [0.29, 0.717) is 25.4 Å². The highest BCUT2D eigenvalue weighted by molar-refractivity contribution is 5.88. The van der Waals surface area contributed by atoms with E-state index in [4.69, 9.17) is 5.11 Å². The molecule has 1 amide bonds. The third-order valence-corrected chi connectivity index (χ3v) is 6.84. The van der Waals surface area contributed by atoms with Crippen molar-refractivity contribution in [2.24, 2.45) is 11.8 Å². The van der Waals surface area contributed by atoms with Crippen LogP contribution in [-0.4, -0.2) is 39.5 Å². The minimum Gasteiger partial charge on any atom is -0.478 e. The second-order valence-electron chi connectivity index (χ2n) is 9.08. The van der Waals surface area contributed by atoms with Crippen LogP contribution in [0.5, 0.6) is 0 Å². The number of carbonyl (C=O) groups excluding carboxylic acids is 1. The fourth-order valence-corrected chi connectivity index (χ4v) is 5.03. The number of pyridine rings is 1. The molecule has 2 aromatic rings. The SMILES string of the molecule is O=C(O)c1ccc(-c2cc3n(c(=O)c2)C[C@H]2C[C@@H]3CN(C(=O)CCC3CC3)C2)cc1. The van der Waals surface area contributed by atoms with Gasteiger partial charge in [0, 0.05) is 43.7 Å². The number of benzene rings is 1. The number of fused-ring (bicyclic) bond motifs is 4. The van der Waals surface area contributed by atoms with Gasteiger partial charge in [-0.2, -0.15) is 0 Å². The van der Waals surface area contributed by atoms with Crippen LogP contribution < -0.4 is 5.56 Å². The summed E-state index contributed by atoms with van der Waals surface area (Å²) in [6.07, 6.45) is 5.20. The van der Waals surface area contributed by atoms with Crippen LogP contribution in [0.4, 0.5) is 0 Å². The first-order valence-corrected chi connectivity index (χ1v) is 10.8. The quantitative estimate of drug-likeness (QED) is 0.826. The molecule has 1 saturated carbocycles. The second kappa shape index (κ2) is 7.42. The van der Waals surface area contributed by atoms with Crippen LogP contribution in [0.2, 0.25) is 0 Å². The van der Waals surface area contributed by atoms with Crippen LogP contribution >= 0.6 is 0 Å². The van der Waals surface area contributed by atoms with Crippen LogP contribution in [0, 0.1) is 11.8 Å². The van der Waals surface area contributed by atoms with Crippen LogP contribution in [-0.2, 0) is 11.3 Å². The zero-order valence-corrected chi connectivity index (χ0v) is 16.9. The summed E-state index contributed by atoms with van der Waals surface area (Å²) >= 11 is 0. The summed E-state index contributed by atoms with van der Waals surface area (Å²) in [5.74, 6) is 0.556. The van der Waals surface area contributed by atoms with Gasteiger partial charge in [-0.15, -0.1) is 0 Å². The number of hydrogen-bond donors (Lipinski definition) is 1. The van der Waals surface area contributed by atoms with Gasteiger partial charge in [-0.1, -0.05) is 25.0 Å². The highest BCUT2D eigenvalue weighted by Gasteiger charge is 2.36. The first kappa shape index (κ1) is 19.1. The maximum atomic E-state index is 12.9. The molecule has 30 heavy (non-hydrogen) atoms. The Kier molecular flexibility index (Phi) is 4.72. The molecule has 3 heterocycles. The number of hydrogen-bond acceptors (Lipinski definition) is 3. The van der Waals surface area contributed by atoms with Gasteiger partial charge >= 0.3 is 5.97 Å². The highest BCUT2D eigenvalue weighted by atomic mass is 16.4. The van der Waals surface area contributed by atoms with Crippen LogP contribution in [0.15, 0.2) is 41.2 Å². The molecule has 6 nitrogen and oxygen atoms in total. The first-order chi connectivity index (χ1) is 14.5. The fraction of sp³-hybridized carbons (Fsp3) is 0.458. The summed E-state index contributed by atoms with van der Waals surface area (Å²) in [6.45, 7) is 2.10. The van der Waals surface area contributed by atoms with Gasteiger partial charge in [-0.05, 0) is 54.0 Å². The standard InChI is InChI=1S/C24H26N2O4/c27-22(8-3-15-1-2-15)25-12-16-9-20(14-25)21-10-19(11-23(28)26(21)13-16)17-4-6-18(7-5-17)24(29)30/h4-7,10-11,15-16,20H,1-3,8-9,12-14H2,(H,29,30)/t16-,20+/m0/s1. The molecule has 1 aromatic carbocycles. The van der Waals surface area contributed by atoms with Gasteiger partial charge in [0.05, 0.1) is 5.56 Å². The number of nitrogens with zero attached hydrogens (tertiary/aromatic N) is 2. The van der Waals surface area contributed by atoms with Gasteiger partial charge in [-0.3, -0.25) is 9.59 Å². The number of piperidine rings is 1.